The van der Waals surface area contributed by atoms with Gasteiger partial charge in [-0.3, -0.25) is 9.36 Å². The van der Waals surface area contributed by atoms with Crippen LogP contribution in [0.2, 0.25) is 0 Å². The van der Waals surface area contributed by atoms with Crippen LogP contribution in [0.15, 0.2) is 41.2 Å². The van der Waals surface area contributed by atoms with Gasteiger partial charge in [0.15, 0.2) is 0 Å². The Hall–Kier alpha value is -2.43. The van der Waals surface area contributed by atoms with Crippen LogP contribution < -0.4 is 21.3 Å². The third-order valence-corrected chi connectivity index (χ3v) is 2.97. The fourth-order valence-electron chi connectivity index (χ4n) is 1.77. The number of benzene rings is 1. The predicted molar refractivity (Wildman–Crippen MR) is 76.4 cm³/mol. The molecule has 0 aliphatic heterocycles. The van der Waals surface area contributed by atoms with Crippen molar-refractivity contribution in [3.05, 3.63) is 52.3 Å². The van der Waals surface area contributed by atoms with Crippen LogP contribution in [0.4, 0.5) is 11.5 Å². The Labute approximate surface area is 111 Å². The highest BCUT2D eigenvalue weighted by atomic mass is 16.5. The minimum atomic E-state index is -0.195. The highest BCUT2D eigenvalue weighted by Gasteiger charge is 2.02. The molecule has 0 saturated carbocycles. The van der Waals surface area contributed by atoms with Gasteiger partial charge in [-0.25, -0.2) is 0 Å². The monoisotopic (exact) mass is 259 g/mol. The summed E-state index contributed by atoms with van der Waals surface area (Å²) in [6, 6.07) is 11.2. The van der Waals surface area contributed by atoms with E-state index < -0.39 is 0 Å². The van der Waals surface area contributed by atoms with E-state index in [1.54, 1.807) is 26.3 Å². The number of hydrogen-bond acceptors (Lipinski definition) is 4. The lowest BCUT2D eigenvalue weighted by Crippen LogP contribution is -2.22. The number of ether oxygens (including phenoxy) is 1. The van der Waals surface area contributed by atoms with Gasteiger partial charge >= 0.3 is 0 Å². The van der Waals surface area contributed by atoms with Crippen LogP contribution in [0.25, 0.3) is 0 Å². The number of aromatic nitrogens is 1. The quantitative estimate of drug-likeness (QED) is 0.874. The van der Waals surface area contributed by atoms with Gasteiger partial charge in [0.05, 0.1) is 12.8 Å². The van der Waals surface area contributed by atoms with Gasteiger partial charge in [0.25, 0.3) is 5.56 Å². The molecule has 5 heteroatoms. The first-order chi connectivity index (χ1) is 9.11. The lowest BCUT2D eigenvalue weighted by Gasteiger charge is -2.11. The SMILES string of the molecule is COc1ccc(CNc2ccc(N)c(=O)n2C)cc1. The highest BCUT2D eigenvalue weighted by molar-refractivity contribution is 5.45. The first-order valence-corrected chi connectivity index (χ1v) is 5.94. The number of methoxy groups -OCH3 is 1. The first kappa shape index (κ1) is 13.0. The maximum absolute atomic E-state index is 11.7. The molecule has 0 radical (unpaired) electrons. The summed E-state index contributed by atoms with van der Waals surface area (Å²) in [7, 11) is 3.33. The number of pyridine rings is 1. The van der Waals surface area contributed by atoms with Gasteiger partial charge in [0.1, 0.15) is 11.6 Å². The molecule has 0 amide bonds. The van der Waals surface area contributed by atoms with Crippen molar-refractivity contribution in [1.82, 2.24) is 4.57 Å². The summed E-state index contributed by atoms with van der Waals surface area (Å²) >= 11 is 0. The van der Waals surface area contributed by atoms with Gasteiger partial charge < -0.3 is 15.8 Å². The number of anilines is 2. The molecule has 1 heterocycles. The van der Waals surface area contributed by atoms with E-state index in [0.717, 1.165) is 17.1 Å². The lowest BCUT2D eigenvalue weighted by molar-refractivity contribution is 0.414. The van der Waals surface area contributed by atoms with E-state index in [0.29, 0.717) is 6.54 Å². The van der Waals surface area contributed by atoms with E-state index in [1.165, 1.54) is 4.57 Å². The zero-order valence-corrected chi connectivity index (χ0v) is 11.0. The van der Waals surface area contributed by atoms with Crippen molar-refractivity contribution < 1.29 is 4.74 Å². The van der Waals surface area contributed by atoms with Crippen LogP contribution in [0.5, 0.6) is 5.75 Å². The number of nitrogens with one attached hydrogen (secondary N) is 1. The number of nitrogens with zero attached hydrogens (tertiary/aromatic N) is 1. The van der Waals surface area contributed by atoms with Crippen LogP contribution in [0.1, 0.15) is 5.56 Å². The van der Waals surface area contributed by atoms with E-state index in [-0.39, 0.29) is 11.2 Å². The molecule has 19 heavy (non-hydrogen) atoms. The normalized spacial score (nSPS) is 10.2. The van der Waals surface area contributed by atoms with Crippen molar-refractivity contribution in [1.29, 1.82) is 0 Å². The molecular formula is C14H17N3O2. The van der Waals surface area contributed by atoms with E-state index in [9.17, 15) is 4.79 Å². The Balaban J connectivity index is 2.10. The molecular weight excluding hydrogens is 242 g/mol. The average Bonchev–Trinajstić information content (AvgIpc) is 2.45. The molecule has 0 fully saturated rings. The average molecular weight is 259 g/mol. The fourth-order valence-corrected chi connectivity index (χ4v) is 1.77. The lowest BCUT2D eigenvalue weighted by atomic mass is 10.2. The molecule has 1 aromatic heterocycles. The topological polar surface area (TPSA) is 69.3 Å². The third-order valence-electron chi connectivity index (χ3n) is 2.97. The van der Waals surface area contributed by atoms with Gasteiger partial charge in [-0.2, -0.15) is 0 Å². The first-order valence-electron chi connectivity index (χ1n) is 5.94. The largest absolute Gasteiger partial charge is 0.497 e. The fraction of sp³-hybridized carbons (Fsp3) is 0.214. The Kier molecular flexibility index (Phi) is 3.75. The second-order valence-corrected chi connectivity index (χ2v) is 4.24. The second-order valence-electron chi connectivity index (χ2n) is 4.24. The molecule has 2 aromatic rings. The molecule has 0 aliphatic carbocycles. The van der Waals surface area contributed by atoms with Gasteiger partial charge in [-0.05, 0) is 29.8 Å². The zero-order valence-electron chi connectivity index (χ0n) is 11.0. The molecule has 3 N–H and O–H groups in total. The summed E-state index contributed by atoms with van der Waals surface area (Å²) in [5.41, 5.74) is 6.71. The highest BCUT2D eigenvalue weighted by Crippen LogP contribution is 2.13. The Bertz CT molecular complexity index is 618. The summed E-state index contributed by atoms with van der Waals surface area (Å²) in [5, 5.41) is 3.20. The minimum absolute atomic E-state index is 0.195. The van der Waals surface area contributed by atoms with Crippen LogP contribution >= 0.6 is 0 Å². The van der Waals surface area contributed by atoms with Gasteiger partial charge in [-0.1, -0.05) is 12.1 Å². The van der Waals surface area contributed by atoms with Gasteiger partial charge in [0.2, 0.25) is 0 Å². The number of nitrogen functional groups attached to an aromatic ring is 1. The Morgan fingerprint density at radius 1 is 1.21 bits per heavy atom. The molecule has 5 nitrogen and oxygen atoms in total. The van der Waals surface area contributed by atoms with Crippen LogP contribution in [0.3, 0.4) is 0 Å². The molecule has 2 rings (SSSR count). The maximum atomic E-state index is 11.7. The van der Waals surface area contributed by atoms with Gasteiger partial charge in [0, 0.05) is 13.6 Å². The molecule has 100 valence electrons. The molecule has 1 aromatic carbocycles. The Morgan fingerprint density at radius 3 is 2.53 bits per heavy atom. The standard InChI is InChI=1S/C14H17N3O2/c1-17-13(8-7-12(15)14(17)18)16-9-10-3-5-11(19-2)6-4-10/h3-8,16H,9,15H2,1-2H3. The van der Waals surface area contributed by atoms with Crippen molar-refractivity contribution in [2.75, 3.05) is 18.2 Å². The van der Waals surface area contributed by atoms with E-state index >= 15 is 0 Å². The molecule has 0 saturated heterocycles. The van der Waals surface area contributed by atoms with Gasteiger partial charge in [-0.15, -0.1) is 0 Å². The summed E-state index contributed by atoms with van der Waals surface area (Å²) in [5.74, 6) is 1.55. The number of rotatable bonds is 4. The summed E-state index contributed by atoms with van der Waals surface area (Å²) in [6.45, 7) is 0.626. The molecule has 0 atom stereocenters. The van der Waals surface area contributed by atoms with Crippen molar-refractivity contribution >= 4 is 11.5 Å². The molecule has 0 spiro atoms. The number of hydrogen-bond donors (Lipinski definition) is 2. The zero-order chi connectivity index (χ0) is 13.8. The van der Waals surface area contributed by atoms with Crippen molar-refractivity contribution in [3.8, 4) is 5.75 Å². The van der Waals surface area contributed by atoms with Crippen LogP contribution in [-0.4, -0.2) is 11.7 Å². The third kappa shape index (κ3) is 2.88. The Morgan fingerprint density at radius 2 is 1.89 bits per heavy atom. The molecule has 0 unspecified atom stereocenters. The molecule has 0 aliphatic rings. The van der Waals surface area contributed by atoms with Crippen LogP contribution in [-0.2, 0) is 13.6 Å². The van der Waals surface area contributed by atoms with E-state index in [2.05, 4.69) is 5.32 Å². The predicted octanol–water partition coefficient (Wildman–Crippen LogP) is 1.59. The number of nitrogens with two attached hydrogens (primary N) is 1. The summed E-state index contributed by atoms with van der Waals surface area (Å²) < 4.78 is 6.60. The maximum Gasteiger partial charge on any atom is 0.274 e. The summed E-state index contributed by atoms with van der Waals surface area (Å²) in [6.07, 6.45) is 0. The van der Waals surface area contributed by atoms with Crippen molar-refractivity contribution in [3.63, 3.8) is 0 Å². The van der Waals surface area contributed by atoms with Crippen molar-refractivity contribution in [2.45, 2.75) is 6.54 Å². The summed E-state index contributed by atoms with van der Waals surface area (Å²) in [4.78, 5) is 11.7. The van der Waals surface area contributed by atoms with E-state index in [1.807, 2.05) is 24.3 Å². The molecule has 0 bridgehead atoms. The smallest absolute Gasteiger partial charge is 0.274 e. The minimum Gasteiger partial charge on any atom is -0.497 e. The van der Waals surface area contributed by atoms with E-state index in [4.69, 9.17) is 10.5 Å². The van der Waals surface area contributed by atoms with Crippen molar-refractivity contribution in [2.24, 2.45) is 7.05 Å². The van der Waals surface area contributed by atoms with Crippen LogP contribution in [0, 0.1) is 0 Å². The second kappa shape index (κ2) is 5.48.